The van der Waals surface area contributed by atoms with Gasteiger partial charge in [0, 0.05) is 29.5 Å². The van der Waals surface area contributed by atoms with E-state index in [0.717, 1.165) is 12.8 Å². The molecule has 0 bridgehead atoms. The van der Waals surface area contributed by atoms with Crippen LogP contribution in [0.25, 0.3) is 5.76 Å². The van der Waals surface area contributed by atoms with Gasteiger partial charge in [0.05, 0.1) is 0 Å². The first-order chi connectivity index (χ1) is 15.4. The first-order valence-corrected chi connectivity index (χ1v) is 12.3. The summed E-state index contributed by atoms with van der Waals surface area (Å²) in [6.45, 7) is 4.87. The Kier molecular flexibility index (Phi) is 10.2. The molecular weight excluding hydrogens is 540 g/mol. The van der Waals surface area contributed by atoms with Gasteiger partial charge >= 0.3 is 21.1 Å². The van der Waals surface area contributed by atoms with Crippen molar-refractivity contribution in [1.82, 2.24) is 0 Å². The van der Waals surface area contributed by atoms with Gasteiger partial charge in [-0.25, -0.2) is 13.0 Å². The van der Waals surface area contributed by atoms with E-state index in [1.165, 1.54) is 30.3 Å². The second-order valence-electron chi connectivity index (χ2n) is 6.58. The van der Waals surface area contributed by atoms with Gasteiger partial charge in [-0.05, 0) is 36.8 Å². The number of hydrogen-bond acceptors (Lipinski definition) is 6. The summed E-state index contributed by atoms with van der Waals surface area (Å²) in [6.07, 6.45) is 5.40. The molecule has 1 aliphatic heterocycles. The normalized spacial score (nSPS) is 15.9. The highest BCUT2D eigenvalue weighted by Gasteiger charge is 2.49. The highest BCUT2D eigenvalue weighted by atomic mass is 35.5. The van der Waals surface area contributed by atoms with Crippen LogP contribution in [0, 0.1) is 0 Å². The van der Waals surface area contributed by atoms with Crippen molar-refractivity contribution in [3.63, 3.8) is 0 Å². The molecule has 1 heterocycles. The molecule has 0 aliphatic carbocycles. The molecule has 1 aliphatic rings. The average Bonchev–Trinajstić information content (AvgIpc) is 2.67. The minimum absolute atomic E-state index is 0.179. The second kappa shape index (κ2) is 11.6. The summed E-state index contributed by atoms with van der Waals surface area (Å²) in [5.74, 6) is -0.398. The molecule has 0 radical (unpaired) electrons. The summed E-state index contributed by atoms with van der Waals surface area (Å²) in [5, 5.41) is 0.366. The van der Waals surface area contributed by atoms with Crippen LogP contribution in [-0.4, -0.2) is 55.8 Å². The van der Waals surface area contributed by atoms with Crippen molar-refractivity contribution in [3.05, 3.63) is 53.6 Å². The molecule has 7 nitrogen and oxygen atoms in total. The van der Waals surface area contributed by atoms with Crippen molar-refractivity contribution in [2.24, 2.45) is 0 Å². The molecule has 2 rings (SSSR count). The zero-order valence-electron chi connectivity index (χ0n) is 17.1. The average molecular weight is 558 g/mol. The van der Waals surface area contributed by atoms with E-state index in [9.17, 15) is 34.8 Å². The molecule has 0 atom stereocenters. The van der Waals surface area contributed by atoms with E-state index in [0.29, 0.717) is 30.2 Å². The van der Waals surface area contributed by atoms with Crippen LogP contribution < -0.4 is 0 Å². The van der Waals surface area contributed by atoms with Gasteiger partial charge in [-0.3, -0.25) is 0 Å². The number of hydrogen-bond donors (Lipinski definition) is 0. The van der Waals surface area contributed by atoms with Crippen molar-refractivity contribution in [2.45, 2.75) is 30.3 Å². The summed E-state index contributed by atoms with van der Waals surface area (Å²) < 4.78 is 127. The minimum Gasteiger partial charge on any atom is -0.741 e. The minimum atomic E-state index is -6.09. The van der Waals surface area contributed by atoms with E-state index in [2.05, 4.69) is 10.8 Å². The van der Waals surface area contributed by atoms with Crippen LogP contribution >= 0.6 is 11.6 Å². The summed E-state index contributed by atoms with van der Waals surface area (Å²) in [5.41, 5.74) is -10.3. The quantitative estimate of drug-likeness (QED) is 0.0975. The van der Waals surface area contributed by atoms with Crippen LogP contribution in [0.5, 0.6) is 0 Å². The van der Waals surface area contributed by atoms with Gasteiger partial charge in [0.25, 0.3) is 0 Å². The molecule has 0 aromatic heterocycles. The van der Waals surface area contributed by atoms with Gasteiger partial charge in [0.2, 0.25) is 0 Å². The summed E-state index contributed by atoms with van der Waals surface area (Å²) in [6, 6.07) is 5.70. The molecule has 192 valence electrons. The molecule has 0 saturated heterocycles. The lowest BCUT2D eigenvalue weighted by Crippen LogP contribution is -2.27. The molecule has 0 N–H and O–H groups in total. The van der Waals surface area contributed by atoms with Crippen molar-refractivity contribution in [3.8, 4) is 0 Å². The summed E-state index contributed by atoms with van der Waals surface area (Å²) in [7, 11) is -11.9. The predicted molar refractivity (Wildman–Crippen MR) is 110 cm³/mol. The molecule has 34 heavy (non-hydrogen) atoms. The van der Waals surface area contributed by atoms with Crippen molar-refractivity contribution in [2.75, 3.05) is 13.1 Å². The Labute approximate surface area is 196 Å². The fourth-order valence-corrected chi connectivity index (χ4v) is 3.13. The van der Waals surface area contributed by atoms with Crippen molar-refractivity contribution in [1.29, 1.82) is 0 Å². The number of benzene rings is 1. The molecular formula is C18H18ClF6NO6S2. The molecule has 0 saturated carbocycles. The second-order valence-corrected chi connectivity index (χ2v) is 9.93. The molecule has 0 spiro atoms. The highest BCUT2D eigenvalue weighted by Crippen LogP contribution is 2.30. The van der Waals surface area contributed by atoms with Crippen LogP contribution in [-0.2, 0) is 24.4 Å². The van der Waals surface area contributed by atoms with Crippen molar-refractivity contribution < 1.29 is 56.5 Å². The largest absolute Gasteiger partial charge is 0.741 e. The van der Waals surface area contributed by atoms with Gasteiger partial charge in [-0.15, -0.1) is 0 Å². The number of nitrogens with zero attached hydrogens (tertiary/aromatic N) is 1. The first-order valence-electron chi connectivity index (χ1n) is 9.11. The third kappa shape index (κ3) is 8.92. The van der Waals surface area contributed by atoms with Gasteiger partial charge in [-0.2, -0.15) is 34.8 Å². The smallest absolute Gasteiger partial charge is 0.534 e. The summed E-state index contributed by atoms with van der Waals surface area (Å²) >= 11 is 5.80. The standard InChI is InChI=1S/C17H18ClF3NO3S.CHF3O3S/c1-2-10-22-11-4-3-5-15(22)12-16(13-6-8-14(18)9-7-13)25-26(23,24)17(19,20)21;2-1(3,4)8(5,6)7/h2,6-9,12H,1,3-5,10-11H2;(H,5,6,7)/q+1;/p-1/b16-12-;. The van der Waals surface area contributed by atoms with E-state index in [-0.39, 0.29) is 5.56 Å². The molecule has 1 aromatic carbocycles. The van der Waals surface area contributed by atoms with Gasteiger partial charge in [0.1, 0.15) is 6.54 Å². The zero-order valence-corrected chi connectivity index (χ0v) is 19.5. The summed E-state index contributed by atoms with van der Waals surface area (Å²) in [4.78, 5) is 0. The Hall–Kier alpha value is -2.10. The first kappa shape index (κ1) is 29.9. The van der Waals surface area contributed by atoms with Crippen LogP contribution in [0.3, 0.4) is 0 Å². The number of halogens is 7. The van der Waals surface area contributed by atoms with Gasteiger partial charge < -0.3 is 8.74 Å². The maximum atomic E-state index is 12.8. The SMILES string of the molecule is C=CC[N+]1=C(/C=C(\OS(=O)(=O)C(F)(F)F)c2ccc(Cl)cc2)CCCC1.O=S(=O)([O-])C(F)(F)F. The molecule has 0 fully saturated rings. The third-order valence-corrected chi connectivity index (χ3v) is 5.84. The maximum Gasteiger partial charge on any atom is 0.534 e. The van der Waals surface area contributed by atoms with Gasteiger partial charge in [0.15, 0.2) is 28.1 Å². The van der Waals surface area contributed by atoms with E-state index >= 15 is 0 Å². The van der Waals surface area contributed by atoms with Crippen LogP contribution in [0.1, 0.15) is 24.8 Å². The Morgan fingerprint density at radius 1 is 1.06 bits per heavy atom. The van der Waals surface area contributed by atoms with E-state index in [1.807, 2.05) is 4.58 Å². The van der Waals surface area contributed by atoms with E-state index < -0.39 is 37.0 Å². The highest BCUT2D eigenvalue weighted by molar-refractivity contribution is 7.87. The molecule has 1 aromatic rings. The Morgan fingerprint density at radius 3 is 2.03 bits per heavy atom. The predicted octanol–water partition coefficient (Wildman–Crippen LogP) is 4.42. The van der Waals surface area contributed by atoms with E-state index in [4.69, 9.17) is 24.6 Å². The number of alkyl halides is 6. The fourth-order valence-electron chi connectivity index (χ4n) is 2.52. The zero-order chi connectivity index (χ0) is 26.4. The fraction of sp³-hybridized carbons (Fsp3) is 0.389. The van der Waals surface area contributed by atoms with Gasteiger partial charge in [-0.1, -0.05) is 18.2 Å². The number of allylic oxidation sites excluding steroid dienone is 1. The molecule has 16 heteroatoms. The third-order valence-electron chi connectivity index (χ3n) is 4.06. The van der Waals surface area contributed by atoms with Crippen LogP contribution in [0.4, 0.5) is 26.3 Å². The lowest BCUT2D eigenvalue weighted by atomic mass is 10.1. The Morgan fingerprint density at radius 2 is 1.59 bits per heavy atom. The topological polar surface area (TPSA) is 104 Å². The van der Waals surface area contributed by atoms with Crippen LogP contribution in [0.15, 0.2) is 43.0 Å². The maximum absolute atomic E-state index is 12.8. The lowest BCUT2D eigenvalue weighted by molar-refractivity contribution is -0.522. The molecule has 0 unspecified atom stereocenters. The Balaban J connectivity index is 0.000000620. The van der Waals surface area contributed by atoms with Crippen molar-refractivity contribution >= 4 is 43.3 Å². The Bertz CT molecular complexity index is 1140. The van der Waals surface area contributed by atoms with E-state index in [1.54, 1.807) is 6.08 Å². The van der Waals surface area contributed by atoms with Crippen LogP contribution in [0.2, 0.25) is 5.02 Å². The molecule has 0 amide bonds. The number of rotatable bonds is 6. The monoisotopic (exact) mass is 557 g/mol. The lowest BCUT2D eigenvalue weighted by Gasteiger charge is -2.15.